The number of sulfone groups is 2. The first kappa shape index (κ1) is 30.0. The van der Waals surface area contributed by atoms with Crippen molar-refractivity contribution in [3.05, 3.63) is 35.9 Å². The van der Waals surface area contributed by atoms with Gasteiger partial charge in [0.2, 0.25) is 0 Å². The van der Waals surface area contributed by atoms with Gasteiger partial charge in [0.1, 0.15) is 17.2 Å². The first-order chi connectivity index (χ1) is 17.4. The van der Waals surface area contributed by atoms with Crippen LogP contribution in [0.25, 0.3) is 0 Å². The van der Waals surface area contributed by atoms with Crippen molar-refractivity contribution in [2.75, 3.05) is 44.3 Å². The van der Waals surface area contributed by atoms with Crippen LogP contribution in [0.3, 0.4) is 0 Å². The van der Waals surface area contributed by atoms with Crippen LogP contribution >= 0.6 is 0 Å². The highest BCUT2D eigenvalue weighted by atomic mass is 32.2. The van der Waals surface area contributed by atoms with E-state index in [1.165, 1.54) is 12.1 Å². The van der Waals surface area contributed by atoms with E-state index in [2.05, 4.69) is 16.2 Å². The first-order valence-corrected chi connectivity index (χ1v) is 15.6. The molecule has 0 aliphatic rings. The van der Waals surface area contributed by atoms with E-state index in [1.807, 2.05) is 13.8 Å². The number of carbonyl (C=O) groups is 1. The molecule has 2 rings (SSSR count). The molecule has 0 aromatic heterocycles. The second-order valence-corrected chi connectivity index (χ2v) is 12.0. The van der Waals surface area contributed by atoms with Gasteiger partial charge in [-0.15, -0.1) is 0 Å². The number of benzene rings is 2. The second-order valence-electron chi connectivity index (χ2n) is 8.07. The third kappa shape index (κ3) is 9.32. The lowest BCUT2D eigenvalue weighted by molar-refractivity contribution is 0.241. The Labute approximate surface area is 218 Å². The first-order valence-electron chi connectivity index (χ1n) is 11.8. The molecule has 0 aliphatic carbocycles. The molecule has 0 bridgehead atoms. The zero-order valence-corrected chi connectivity index (χ0v) is 23.3. The fraction of sp³-hybridized carbons (Fsp3) is 0.458. The second kappa shape index (κ2) is 13.4. The van der Waals surface area contributed by atoms with E-state index in [0.29, 0.717) is 62.0 Å². The lowest BCUT2D eigenvalue weighted by atomic mass is 10.1. The van der Waals surface area contributed by atoms with Crippen LogP contribution in [0.5, 0.6) is 17.2 Å². The van der Waals surface area contributed by atoms with Crippen LogP contribution in [-0.4, -0.2) is 61.7 Å². The summed E-state index contributed by atoms with van der Waals surface area (Å²) in [6.07, 6.45) is 2.80. The Morgan fingerprint density at radius 1 is 0.784 bits per heavy atom. The number of amides is 2. The van der Waals surface area contributed by atoms with Crippen LogP contribution in [0.2, 0.25) is 0 Å². The molecule has 0 spiro atoms. The van der Waals surface area contributed by atoms with Gasteiger partial charge in [0, 0.05) is 37.3 Å². The summed E-state index contributed by atoms with van der Waals surface area (Å²) in [5, 5.41) is 2.66. The Morgan fingerprint density at radius 3 is 1.78 bits per heavy atom. The molecule has 0 saturated heterocycles. The molecule has 0 atom stereocenters. The van der Waals surface area contributed by atoms with Gasteiger partial charge >= 0.3 is 6.03 Å². The molecule has 0 unspecified atom stereocenters. The molecule has 2 amide bonds. The molecule has 2 aromatic carbocycles. The summed E-state index contributed by atoms with van der Waals surface area (Å²) in [6.45, 7) is 7.22. The highest BCUT2D eigenvalue weighted by molar-refractivity contribution is 7.93. The van der Waals surface area contributed by atoms with Crippen LogP contribution in [0, 0.1) is 0 Å². The minimum absolute atomic E-state index is 0.276. The highest BCUT2D eigenvalue weighted by Crippen LogP contribution is 2.29. The molecule has 11 nitrogen and oxygen atoms in total. The summed E-state index contributed by atoms with van der Waals surface area (Å²) in [7, 11) is -7.61. The average molecular weight is 558 g/mol. The average Bonchev–Trinajstić information content (AvgIpc) is 2.81. The molecular formula is C24H35N3O8S2. The number of anilines is 1. The molecule has 2 aromatic rings. The number of carbonyl (C=O) groups excluding carboxylic acids is 1. The Hall–Kier alpha value is -3.19. The van der Waals surface area contributed by atoms with E-state index in [4.69, 9.17) is 14.2 Å². The topological polar surface area (TPSA) is 149 Å². The van der Waals surface area contributed by atoms with Gasteiger partial charge < -0.3 is 19.5 Å². The van der Waals surface area contributed by atoms with Crippen LogP contribution in [0.15, 0.2) is 40.1 Å². The number of urea groups is 1. The lowest BCUT2D eigenvalue weighted by Crippen LogP contribution is -2.40. The summed E-state index contributed by atoms with van der Waals surface area (Å²) in [4.78, 5) is 11.6. The van der Waals surface area contributed by atoms with Crippen molar-refractivity contribution >= 4 is 31.4 Å². The van der Waals surface area contributed by atoms with Crippen LogP contribution in [0.4, 0.5) is 10.5 Å². The van der Waals surface area contributed by atoms with Crippen LogP contribution in [0.1, 0.15) is 32.8 Å². The Balaban J connectivity index is 1.93. The van der Waals surface area contributed by atoms with Crippen molar-refractivity contribution in [3.8, 4) is 17.2 Å². The van der Waals surface area contributed by atoms with Gasteiger partial charge in [-0.1, -0.05) is 6.92 Å². The summed E-state index contributed by atoms with van der Waals surface area (Å²) >= 11 is 0. The third-order valence-electron chi connectivity index (χ3n) is 5.01. The fourth-order valence-electron chi connectivity index (χ4n) is 3.35. The maximum Gasteiger partial charge on any atom is 0.333 e. The summed E-state index contributed by atoms with van der Waals surface area (Å²) in [6, 6.07) is 7.29. The van der Waals surface area contributed by atoms with Crippen molar-refractivity contribution in [1.82, 2.24) is 10.7 Å². The third-order valence-corrected chi connectivity index (χ3v) is 7.41. The Kier molecular flexibility index (Phi) is 10.9. The highest BCUT2D eigenvalue weighted by Gasteiger charge is 2.23. The monoisotopic (exact) mass is 557 g/mol. The predicted octanol–water partition coefficient (Wildman–Crippen LogP) is 2.95. The van der Waals surface area contributed by atoms with Gasteiger partial charge in [0.25, 0.3) is 0 Å². The van der Waals surface area contributed by atoms with Gasteiger partial charge in [-0.25, -0.2) is 21.6 Å². The predicted molar refractivity (Wildman–Crippen MR) is 141 cm³/mol. The summed E-state index contributed by atoms with van der Waals surface area (Å²) in [5.41, 5.74) is 5.94. The fourth-order valence-corrected chi connectivity index (χ4v) is 5.80. The standard InChI is InChI=1S/C24H35N3O8S2/c1-6-17-12-22(36(4,29)30)23(37(5,31)32)16-21(17)26-27-24(28)25-10-9-11-35-20-14-18(33-7-2)13-19(15-20)34-8-3/h12-16,26H,6-11H2,1-5H3,(H2,25,27,28). The smallest absolute Gasteiger partial charge is 0.333 e. The van der Waals surface area contributed by atoms with E-state index < -0.39 is 25.7 Å². The maximum absolute atomic E-state index is 12.2. The molecule has 0 heterocycles. The molecule has 0 fully saturated rings. The van der Waals surface area contributed by atoms with Crippen LogP contribution in [-0.2, 0) is 26.1 Å². The van der Waals surface area contributed by atoms with Crippen molar-refractivity contribution in [2.45, 2.75) is 43.4 Å². The number of rotatable bonds is 14. The SMILES string of the molecule is CCOc1cc(OCC)cc(OCCCNC(=O)NNc2cc(S(C)(=O)=O)c(S(C)(=O)=O)cc2CC)c1. The molecule has 37 heavy (non-hydrogen) atoms. The van der Waals surface area contributed by atoms with Gasteiger partial charge in [-0.3, -0.25) is 10.9 Å². The van der Waals surface area contributed by atoms with E-state index in [1.54, 1.807) is 25.1 Å². The zero-order valence-electron chi connectivity index (χ0n) is 21.7. The number of ether oxygens (including phenoxy) is 3. The van der Waals surface area contributed by atoms with Crippen molar-refractivity contribution < 1.29 is 35.8 Å². The lowest BCUT2D eigenvalue weighted by Gasteiger charge is -2.16. The molecule has 0 saturated carbocycles. The number of nitrogens with one attached hydrogen (secondary N) is 3. The molecule has 0 radical (unpaired) electrons. The number of hydrogen-bond donors (Lipinski definition) is 3. The van der Waals surface area contributed by atoms with Gasteiger partial charge in [0.15, 0.2) is 19.7 Å². The van der Waals surface area contributed by atoms with Gasteiger partial charge in [0.05, 0.1) is 35.3 Å². The molecule has 13 heteroatoms. The van der Waals surface area contributed by atoms with Gasteiger partial charge in [-0.05, 0) is 44.4 Å². The molecule has 206 valence electrons. The van der Waals surface area contributed by atoms with Crippen LogP contribution < -0.4 is 30.4 Å². The maximum atomic E-state index is 12.2. The minimum Gasteiger partial charge on any atom is -0.494 e. The largest absolute Gasteiger partial charge is 0.494 e. The Bertz CT molecular complexity index is 1270. The number of hydrazine groups is 1. The Morgan fingerprint density at radius 2 is 1.30 bits per heavy atom. The number of aryl methyl sites for hydroxylation is 1. The van der Waals surface area contributed by atoms with Gasteiger partial charge in [-0.2, -0.15) is 0 Å². The quantitative estimate of drug-likeness (QED) is 0.235. The minimum atomic E-state index is -3.84. The van der Waals surface area contributed by atoms with Crippen molar-refractivity contribution in [2.24, 2.45) is 0 Å². The normalized spacial score (nSPS) is 11.5. The molecule has 3 N–H and O–H groups in total. The number of hydrogen-bond acceptors (Lipinski definition) is 9. The van der Waals surface area contributed by atoms with E-state index >= 15 is 0 Å². The van der Waals surface area contributed by atoms with Crippen molar-refractivity contribution in [3.63, 3.8) is 0 Å². The van der Waals surface area contributed by atoms with E-state index in [0.717, 1.165) is 12.5 Å². The molecular weight excluding hydrogens is 522 g/mol. The van der Waals surface area contributed by atoms with Crippen molar-refractivity contribution in [1.29, 1.82) is 0 Å². The summed E-state index contributed by atoms with van der Waals surface area (Å²) < 4.78 is 65.4. The zero-order chi connectivity index (χ0) is 27.6. The summed E-state index contributed by atoms with van der Waals surface area (Å²) in [5.74, 6) is 1.87. The molecule has 0 aliphatic heterocycles. The van der Waals surface area contributed by atoms with E-state index in [9.17, 15) is 21.6 Å². The van der Waals surface area contributed by atoms with E-state index in [-0.39, 0.29) is 15.5 Å².